The number of nitrogens with zero attached hydrogens (tertiary/aromatic N) is 3. The van der Waals surface area contributed by atoms with Gasteiger partial charge in [0.2, 0.25) is 0 Å². The Kier molecular flexibility index (Phi) is 10.2. The molecule has 3 aromatic heterocycles. The third-order valence-electron chi connectivity index (χ3n) is 16.0. The average Bonchev–Trinajstić information content (AvgIpc) is 4.17. The molecule has 15 rings (SSSR count). The molecule has 0 radical (unpaired) electrons. The lowest BCUT2D eigenvalue weighted by atomic mass is 9.93. The van der Waals surface area contributed by atoms with Crippen LogP contribution in [0, 0.1) is 0 Å². The van der Waals surface area contributed by atoms with Crippen molar-refractivity contribution < 1.29 is 0 Å². The molecule has 76 heavy (non-hydrogen) atoms. The zero-order valence-electron chi connectivity index (χ0n) is 41.6. The van der Waals surface area contributed by atoms with Crippen molar-refractivity contribution in [2.75, 3.05) is 0 Å². The maximum atomic E-state index is 2.61. The lowest BCUT2D eigenvalue weighted by Gasteiger charge is -2.36. The normalized spacial score (nSPS) is 11.9. The number of hydrogen-bond donors (Lipinski definition) is 0. The van der Waals surface area contributed by atoms with E-state index in [4.69, 9.17) is 0 Å². The average molecular weight is 984 g/mol. The molecule has 0 bridgehead atoms. The van der Waals surface area contributed by atoms with Crippen LogP contribution in [0.3, 0.4) is 0 Å². The van der Waals surface area contributed by atoms with Crippen molar-refractivity contribution in [2.45, 2.75) is 0 Å². The molecule has 0 aliphatic carbocycles. The molecule has 0 N–H and O–H groups in total. The van der Waals surface area contributed by atoms with Gasteiger partial charge in [-0.25, -0.2) is 0 Å². The van der Waals surface area contributed by atoms with Crippen molar-refractivity contribution in [3.63, 3.8) is 0 Å². The van der Waals surface area contributed by atoms with Crippen LogP contribution in [-0.4, -0.2) is 21.8 Å². The van der Waals surface area contributed by atoms with E-state index in [1.165, 1.54) is 75.1 Å². The van der Waals surface area contributed by atoms with Gasteiger partial charge in [0.05, 0.1) is 50.2 Å². The van der Waals surface area contributed by atoms with Gasteiger partial charge in [-0.3, -0.25) is 0 Å². The molecule has 0 aliphatic rings. The summed E-state index contributed by atoms with van der Waals surface area (Å²) in [6.45, 7) is 0. The van der Waals surface area contributed by atoms with Crippen LogP contribution >= 0.6 is 0 Å². The van der Waals surface area contributed by atoms with Crippen LogP contribution in [0.2, 0.25) is 0 Å². The van der Waals surface area contributed by atoms with E-state index in [2.05, 4.69) is 311 Å². The van der Waals surface area contributed by atoms with Crippen LogP contribution in [0.25, 0.3) is 105 Å². The monoisotopic (exact) mass is 983 g/mol. The van der Waals surface area contributed by atoms with E-state index in [-0.39, 0.29) is 0 Å². The number of benzene rings is 12. The zero-order valence-corrected chi connectivity index (χ0v) is 42.6. The summed E-state index contributed by atoms with van der Waals surface area (Å²) in [5.41, 5.74) is 14.9. The second kappa shape index (κ2) is 17.7. The summed E-state index contributed by atoms with van der Waals surface area (Å²) in [4.78, 5) is 0. The van der Waals surface area contributed by atoms with Gasteiger partial charge >= 0.3 is 0 Å². The number of rotatable bonds is 9. The second-order valence-corrected chi connectivity index (χ2v) is 23.7. The van der Waals surface area contributed by atoms with Crippen LogP contribution in [0.15, 0.2) is 297 Å². The minimum Gasteiger partial charge on any atom is -0.309 e. The molecule has 0 unspecified atom stereocenters. The summed E-state index contributed by atoms with van der Waals surface area (Å²) in [7, 11) is -3.21. The first kappa shape index (κ1) is 43.8. The molecule has 356 valence electrons. The highest BCUT2D eigenvalue weighted by atomic mass is 28.3. The molecule has 0 saturated carbocycles. The van der Waals surface area contributed by atoms with Gasteiger partial charge in [-0.05, 0) is 69.3 Å². The highest BCUT2D eigenvalue weighted by Crippen LogP contribution is 2.46. The molecule has 12 aromatic carbocycles. The Morgan fingerprint density at radius 1 is 0.197 bits per heavy atom. The SMILES string of the molecule is c1ccc([Si](c2ccccc2)(c2ccccc2)c2cc(-c3ccccc3-n3c4ccccc4c4ccccc43)c(-n3c4ccccc4c4ccccc43)c(-c3ccccc3-n3c4ccccc4c4ccccc43)c2)cc1. The summed E-state index contributed by atoms with van der Waals surface area (Å²) in [5, 5.41) is 12.6. The number of para-hydroxylation sites is 8. The van der Waals surface area contributed by atoms with Gasteiger partial charge in [-0.1, -0.05) is 249 Å². The first-order valence-corrected chi connectivity index (χ1v) is 28.3. The van der Waals surface area contributed by atoms with Crippen LogP contribution in [0.1, 0.15) is 0 Å². The molecule has 0 amide bonds. The van der Waals surface area contributed by atoms with Crippen LogP contribution in [-0.2, 0) is 0 Å². The number of fused-ring (bicyclic) bond motifs is 9. The predicted octanol–water partition coefficient (Wildman–Crippen LogP) is 15.7. The van der Waals surface area contributed by atoms with Crippen LogP contribution in [0.5, 0.6) is 0 Å². The maximum Gasteiger partial charge on any atom is 0.179 e. The predicted molar refractivity (Wildman–Crippen MR) is 324 cm³/mol. The molecule has 0 fully saturated rings. The van der Waals surface area contributed by atoms with Crippen LogP contribution < -0.4 is 20.7 Å². The van der Waals surface area contributed by atoms with Crippen molar-refractivity contribution in [1.29, 1.82) is 0 Å². The molecular formula is C72H49N3Si. The van der Waals surface area contributed by atoms with E-state index in [1.807, 2.05) is 0 Å². The first-order chi connectivity index (χ1) is 37.8. The van der Waals surface area contributed by atoms with Gasteiger partial charge in [-0.2, -0.15) is 0 Å². The van der Waals surface area contributed by atoms with E-state index >= 15 is 0 Å². The summed E-state index contributed by atoms with van der Waals surface area (Å²) in [6.07, 6.45) is 0. The van der Waals surface area contributed by atoms with E-state index < -0.39 is 8.07 Å². The second-order valence-electron chi connectivity index (χ2n) is 19.9. The molecule has 0 aliphatic heterocycles. The van der Waals surface area contributed by atoms with Gasteiger partial charge in [0.1, 0.15) is 0 Å². The molecule has 3 nitrogen and oxygen atoms in total. The Balaban J connectivity index is 1.19. The Morgan fingerprint density at radius 3 is 0.763 bits per heavy atom. The van der Waals surface area contributed by atoms with E-state index in [0.717, 1.165) is 50.3 Å². The van der Waals surface area contributed by atoms with Crippen molar-refractivity contribution in [1.82, 2.24) is 13.7 Å². The van der Waals surface area contributed by atoms with Gasteiger partial charge < -0.3 is 13.7 Å². The molecule has 15 aromatic rings. The smallest absolute Gasteiger partial charge is 0.179 e. The lowest BCUT2D eigenvalue weighted by molar-refractivity contribution is 1.15. The minimum atomic E-state index is -3.21. The topological polar surface area (TPSA) is 14.8 Å². The molecule has 0 saturated heterocycles. The fourth-order valence-corrected chi connectivity index (χ4v) is 17.7. The molecular weight excluding hydrogens is 935 g/mol. The Labute approximate surface area is 442 Å². The summed E-state index contributed by atoms with van der Waals surface area (Å²) in [5.74, 6) is 0. The van der Waals surface area contributed by atoms with Gasteiger partial charge in [0.15, 0.2) is 8.07 Å². The molecule has 0 spiro atoms. The lowest BCUT2D eigenvalue weighted by Crippen LogP contribution is -2.74. The van der Waals surface area contributed by atoms with Gasteiger partial charge in [-0.15, -0.1) is 0 Å². The van der Waals surface area contributed by atoms with E-state index in [1.54, 1.807) is 0 Å². The Morgan fingerprint density at radius 2 is 0.447 bits per heavy atom. The summed E-state index contributed by atoms with van der Waals surface area (Å²) >= 11 is 0. The van der Waals surface area contributed by atoms with Gasteiger partial charge in [0, 0.05) is 54.6 Å². The zero-order chi connectivity index (χ0) is 50.2. The first-order valence-electron chi connectivity index (χ1n) is 26.3. The summed E-state index contributed by atoms with van der Waals surface area (Å²) in [6, 6.07) is 111. The largest absolute Gasteiger partial charge is 0.309 e. The van der Waals surface area contributed by atoms with Crippen molar-refractivity contribution >= 4 is 94.2 Å². The third kappa shape index (κ3) is 6.54. The summed E-state index contributed by atoms with van der Waals surface area (Å²) < 4.78 is 7.59. The molecule has 3 heterocycles. The standard InChI is InChI=1S/C72H49N3Si/c1-4-26-50(27-5-1)76(51-28-6-2-7-29-51,52-30-8-3-9-31-52)53-48-62(60-38-16-22-44-68(60)73-64-40-18-10-32-54(64)55-33-11-19-41-65(55)73)72(75-70-46-24-14-36-58(70)59-37-15-25-47-71(59)75)63(49-53)61-39-17-23-45-69(61)74-66-42-20-12-34-56(66)57-35-13-21-43-67(57)74/h1-49H. The number of hydrogen-bond acceptors (Lipinski definition) is 0. The van der Waals surface area contributed by atoms with Gasteiger partial charge in [0.25, 0.3) is 0 Å². The Bertz CT molecular complexity index is 4260. The molecule has 4 heteroatoms. The maximum absolute atomic E-state index is 3.21. The van der Waals surface area contributed by atoms with E-state index in [0.29, 0.717) is 0 Å². The highest BCUT2D eigenvalue weighted by molar-refractivity contribution is 7.20. The van der Waals surface area contributed by atoms with E-state index in [9.17, 15) is 0 Å². The van der Waals surface area contributed by atoms with Crippen molar-refractivity contribution in [3.05, 3.63) is 297 Å². The fraction of sp³-hybridized carbons (Fsp3) is 0. The quantitative estimate of drug-likeness (QED) is 0.101. The fourth-order valence-electron chi connectivity index (χ4n) is 12.9. The number of aromatic nitrogens is 3. The third-order valence-corrected chi connectivity index (χ3v) is 20.8. The van der Waals surface area contributed by atoms with Crippen molar-refractivity contribution in [2.24, 2.45) is 0 Å². The highest BCUT2D eigenvalue weighted by Gasteiger charge is 2.43. The molecule has 0 atom stereocenters. The minimum absolute atomic E-state index is 1.12. The van der Waals surface area contributed by atoms with Crippen LogP contribution in [0.4, 0.5) is 0 Å². The Hall–Kier alpha value is -9.74. The van der Waals surface area contributed by atoms with Crippen molar-refractivity contribution in [3.8, 4) is 39.3 Å².